The van der Waals surface area contributed by atoms with Crippen molar-refractivity contribution in [2.45, 2.75) is 45.6 Å². The van der Waals surface area contributed by atoms with Crippen molar-refractivity contribution in [1.82, 2.24) is 9.80 Å². The van der Waals surface area contributed by atoms with E-state index in [1.54, 1.807) is 11.0 Å². The Balaban J connectivity index is 1.68. The molecule has 0 saturated carbocycles. The van der Waals surface area contributed by atoms with Gasteiger partial charge < -0.3 is 9.80 Å². The summed E-state index contributed by atoms with van der Waals surface area (Å²) in [5.74, 6) is 0.799. The summed E-state index contributed by atoms with van der Waals surface area (Å²) in [7, 11) is 0. The maximum atomic E-state index is 12.9. The van der Waals surface area contributed by atoms with Gasteiger partial charge in [-0.2, -0.15) is 0 Å². The molecule has 1 aromatic rings. The van der Waals surface area contributed by atoms with Crippen molar-refractivity contribution in [2.75, 3.05) is 19.6 Å². The summed E-state index contributed by atoms with van der Waals surface area (Å²) < 4.78 is 0. The van der Waals surface area contributed by atoms with E-state index in [2.05, 4.69) is 6.92 Å². The highest BCUT2D eigenvalue weighted by Gasteiger charge is 2.36. The lowest BCUT2D eigenvalue weighted by molar-refractivity contribution is -0.142. The average Bonchev–Trinajstić information content (AvgIpc) is 3.12. The molecule has 0 aromatic heterocycles. The second kappa shape index (κ2) is 7.85. The van der Waals surface area contributed by atoms with E-state index in [-0.39, 0.29) is 17.9 Å². The van der Waals surface area contributed by atoms with E-state index in [1.807, 2.05) is 42.2 Å². The van der Waals surface area contributed by atoms with Gasteiger partial charge in [-0.1, -0.05) is 37.3 Å². The van der Waals surface area contributed by atoms with E-state index >= 15 is 0 Å². The highest BCUT2D eigenvalue weighted by Crippen LogP contribution is 2.24. The van der Waals surface area contributed by atoms with Crippen molar-refractivity contribution < 1.29 is 9.59 Å². The fourth-order valence-electron chi connectivity index (χ4n) is 3.78. The van der Waals surface area contributed by atoms with Gasteiger partial charge in [-0.25, -0.2) is 0 Å². The molecule has 0 spiro atoms. The number of hydrogen-bond donors (Lipinski definition) is 0. The molecule has 4 heteroatoms. The lowest BCUT2D eigenvalue weighted by Gasteiger charge is -2.34. The number of allylic oxidation sites excluding steroid dienone is 1. The van der Waals surface area contributed by atoms with E-state index in [1.165, 1.54) is 0 Å². The minimum atomic E-state index is -0.277. The standard InChI is InChI=1S/C21H28N2O2/c1-16-10-13-22(14-11-16)21(25)19-9-6-12-23(19)20(24)15-17(2)18-7-4-3-5-8-18/h3-5,7-8,15-16,19H,6,9-14H2,1-2H3/b17-15+/t19-/m1/s1. The fourth-order valence-corrected chi connectivity index (χ4v) is 3.78. The van der Waals surface area contributed by atoms with E-state index in [0.717, 1.165) is 49.9 Å². The molecule has 2 aliphatic rings. The van der Waals surface area contributed by atoms with Crippen molar-refractivity contribution >= 4 is 17.4 Å². The summed E-state index contributed by atoms with van der Waals surface area (Å²) in [6.45, 7) is 6.53. The summed E-state index contributed by atoms with van der Waals surface area (Å²) in [5, 5.41) is 0. The molecule has 25 heavy (non-hydrogen) atoms. The first-order valence-corrected chi connectivity index (χ1v) is 9.39. The minimum absolute atomic E-state index is 0.0393. The Morgan fingerprint density at radius 3 is 2.40 bits per heavy atom. The molecule has 2 heterocycles. The zero-order valence-electron chi connectivity index (χ0n) is 15.3. The molecule has 3 rings (SSSR count). The van der Waals surface area contributed by atoms with Crippen LogP contribution in [0.3, 0.4) is 0 Å². The third-order valence-electron chi connectivity index (χ3n) is 5.49. The van der Waals surface area contributed by atoms with Crippen LogP contribution in [-0.4, -0.2) is 47.3 Å². The zero-order valence-corrected chi connectivity index (χ0v) is 15.3. The number of carbonyl (C=O) groups excluding carboxylic acids is 2. The first-order valence-electron chi connectivity index (χ1n) is 9.39. The highest BCUT2D eigenvalue weighted by atomic mass is 16.2. The van der Waals surface area contributed by atoms with Gasteiger partial charge in [0.2, 0.25) is 11.8 Å². The number of benzene rings is 1. The average molecular weight is 340 g/mol. The number of likely N-dealkylation sites (tertiary alicyclic amines) is 2. The maximum absolute atomic E-state index is 12.9. The van der Waals surface area contributed by atoms with E-state index in [9.17, 15) is 9.59 Å². The molecular weight excluding hydrogens is 312 g/mol. The Kier molecular flexibility index (Phi) is 5.57. The molecule has 0 unspecified atom stereocenters. The topological polar surface area (TPSA) is 40.6 Å². The van der Waals surface area contributed by atoms with Gasteiger partial charge in [0.25, 0.3) is 0 Å². The normalized spacial score (nSPS) is 22.3. The molecule has 2 fully saturated rings. The van der Waals surface area contributed by atoms with Crippen molar-refractivity contribution in [3.63, 3.8) is 0 Å². The van der Waals surface area contributed by atoms with Gasteiger partial charge >= 0.3 is 0 Å². The lowest BCUT2D eigenvalue weighted by atomic mass is 9.98. The van der Waals surface area contributed by atoms with Crippen LogP contribution in [-0.2, 0) is 9.59 Å². The number of piperidine rings is 1. The molecule has 2 amide bonds. The zero-order chi connectivity index (χ0) is 17.8. The van der Waals surface area contributed by atoms with Gasteiger partial charge in [-0.15, -0.1) is 0 Å². The number of rotatable bonds is 3. The Bertz CT molecular complexity index is 645. The van der Waals surface area contributed by atoms with Gasteiger partial charge in [0.1, 0.15) is 6.04 Å². The smallest absolute Gasteiger partial charge is 0.247 e. The van der Waals surface area contributed by atoms with Crippen molar-refractivity contribution in [2.24, 2.45) is 5.92 Å². The largest absolute Gasteiger partial charge is 0.341 e. The fraction of sp³-hybridized carbons (Fsp3) is 0.524. The number of nitrogens with zero attached hydrogens (tertiary/aromatic N) is 2. The molecule has 1 atom stereocenters. The molecule has 0 bridgehead atoms. The van der Waals surface area contributed by atoms with E-state index in [0.29, 0.717) is 12.5 Å². The monoisotopic (exact) mass is 340 g/mol. The predicted octanol–water partition coefficient (Wildman–Crippen LogP) is 3.34. The van der Waals surface area contributed by atoms with Crippen molar-refractivity contribution in [3.8, 4) is 0 Å². The van der Waals surface area contributed by atoms with Crippen LogP contribution in [0, 0.1) is 5.92 Å². The van der Waals surface area contributed by atoms with Crippen molar-refractivity contribution in [1.29, 1.82) is 0 Å². The predicted molar refractivity (Wildman–Crippen MR) is 99.8 cm³/mol. The minimum Gasteiger partial charge on any atom is -0.341 e. The summed E-state index contributed by atoms with van der Waals surface area (Å²) >= 11 is 0. The Hall–Kier alpha value is -2.10. The van der Waals surface area contributed by atoms with Gasteiger partial charge in [-0.3, -0.25) is 9.59 Å². The summed E-state index contributed by atoms with van der Waals surface area (Å²) in [6.07, 6.45) is 5.51. The van der Waals surface area contributed by atoms with Crippen LogP contribution in [0.2, 0.25) is 0 Å². The molecule has 1 aromatic carbocycles. The van der Waals surface area contributed by atoms with Gasteiger partial charge in [-0.05, 0) is 49.7 Å². The second-order valence-electron chi connectivity index (χ2n) is 7.39. The molecule has 2 aliphatic heterocycles. The molecule has 0 aliphatic carbocycles. The van der Waals surface area contributed by atoms with Crippen LogP contribution in [0.25, 0.3) is 5.57 Å². The quantitative estimate of drug-likeness (QED) is 0.792. The summed E-state index contributed by atoms with van der Waals surface area (Å²) in [4.78, 5) is 29.4. The van der Waals surface area contributed by atoms with E-state index in [4.69, 9.17) is 0 Å². The van der Waals surface area contributed by atoms with Gasteiger partial charge in [0.15, 0.2) is 0 Å². The first-order chi connectivity index (χ1) is 12.1. The number of hydrogen-bond acceptors (Lipinski definition) is 2. The van der Waals surface area contributed by atoms with Crippen LogP contribution < -0.4 is 0 Å². The SMILES string of the molecule is C/C(=C\C(=O)N1CCC[C@@H]1C(=O)N1CCC(C)CC1)c1ccccc1. The van der Waals surface area contributed by atoms with Crippen LogP contribution >= 0.6 is 0 Å². The highest BCUT2D eigenvalue weighted by molar-refractivity contribution is 5.98. The van der Waals surface area contributed by atoms with Crippen LogP contribution in [0.5, 0.6) is 0 Å². The molecule has 2 saturated heterocycles. The molecule has 0 radical (unpaired) electrons. The lowest BCUT2D eigenvalue weighted by Crippen LogP contribution is -2.49. The second-order valence-corrected chi connectivity index (χ2v) is 7.39. The molecule has 134 valence electrons. The van der Waals surface area contributed by atoms with Crippen LogP contribution in [0.15, 0.2) is 36.4 Å². The van der Waals surface area contributed by atoms with Crippen LogP contribution in [0.1, 0.15) is 45.1 Å². The van der Waals surface area contributed by atoms with E-state index < -0.39 is 0 Å². The van der Waals surface area contributed by atoms with Gasteiger partial charge in [0, 0.05) is 25.7 Å². The summed E-state index contributed by atoms with van der Waals surface area (Å²) in [5.41, 5.74) is 1.98. The number of amides is 2. The molecular formula is C21H28N2O2. The Labute approximate surface area is 150 Å². The molecule has 0 N–H and O–H groups in total. The maximum Gasteiger partial charge on any atom is 0.247 e. The van der Waals surface area contributed by atoms with Crippen LogP contribution in [0.4, 0.5) is 0 Å². The van der Waals surface area contributed by atoms with Crippen molar-refractivity contribution in [3.05, 3.63) is 42.0 Å². The number of carbonyl (C=O) groups is 2. The Morgan fingerprint density at radius 1 is 1.04 bits per heavy atom. The first kappa shape index (κ1) is 17.7. The Morgan fingerprint density at radius 2 is 1.72 bits per heavy atom. The third-order valence-corrected chi connectivity index (χ3v) is 5.49. The molecule has 4 nitrogen and oxygen atoms in total. The van der Waals surface area contributed by atoms with Gasteiger partial charge in [0.05, 0.1) is 0 Å². The summed E-state index contributed by atoms with van der Waals surface area (Å²) in [6, 6.07) is 9.63. The third kappa shape index (κ3) is 4.12.